The fourth-order valence-corrected chi connectivity index (χ4v) is 1.58. The molecule has 0 aromatic heterocycles. The van der Waals surface area contributed by atoms with Crippen LogP contribution in [0.25, 0.3) is 0 Å². The minimum Gasteiger partial charge on any atom is -0.378 e. The first-order chi connectivity index (χ1) is 4.83. The second-order valence-corrected chi connectivity index (χ2v) is 2.99. The monoisotopic (exact) mass is 143 g/mol. The summed E-state index contributed by atoms with van der Waals surface area (Å²) in [6.45, 7) is 4.43. The van der Waals surface area contributed by atoms with E-state index in [2.05, 4.69) is 12.2 Å². The Morgan fingerprint density at radius 3 is 2.30 bits per heavy atom. The fraction of sp³-hybridized carbons (Fsp3) is 1.00. The molecule has 1 aliphatic rings. The van der Waals surface area contributed by atoms with Gasteiger partial charge in [0, 0.05) is 7.11 Å². The third-order valence-corrected chi connectivity index (χ3v) is 2.59. The van der Waals surface area contributed by atoms with E-state index in [9.17, 15) is 0 Å². The second kappa shape index (κ2) is 3.35. The molecule has 1 fully saturated rings. The Hall–Kier alpha value is -0.0800. The molecule has 0 aromatic rings. The van der Waals surface area contributed by atoms with Gasteiger partial charge in [-0.1, -0.05) is 6.92 Å². The van der Waals surface area contributed by atoms with Gasteiger partial charge in [-0.2, -0.15) is 0 Å². The average Bonchev–Trinajstić information content (AvgIpc) is 2.06. The maximum absolute atomic E-state index is 5.49. The van der Waals surface area contributed by atoms with Crippen molar-refractivity contribution in [3.05, 3.63) is 0 Å². The zero-order valence-electron chi connectivity index (χ0n) is 6.94. The molecule has 2 nitrogen and oxygen atoms in total. The van der Waals surface area contributed by atoms with Crippen LogP contribution in [-0.4, -0.2) is 25.8 Å². The van der Waals surface area contributed by atoms with Gasteiger partial charge in [-0.3, -0.25) is 0 Å². The molecule has 2 heteroatoms. The molecule has 1 N–H and O–H groups in total. The molecule has 0 aliphatic carbocycles. The first kappa shape index (κ1) is 8.02. The van der Waals surface area contributed by atoms with Crippen molar-refractivity contribution in [3.8, 4) is 0 Å². The zero-order valence-corrected chi connectivity index (χ0v) is 6.94. The van der Waals surface area contributed by atoms with Crippen molar-refractivity contribution in [3.63, 3.8) is 0 Å². The van der Waals surface area contributed by atoms with E-state index in [-0.39, 0.29) is 5.60 Å². The molecule has 0 saturated carbocycles. The molecule has 0 atom stereocenters. The number of methoxy groups -OCH3 is 1. The molecule has 10 heavy (non-hydrogen) atoms. The summed E-state index contributed by atoms with van der Waals surface area (Å²) in [7, 11) is 1.83. The van der Waals surface area contributed by atoms with E-state index < -0.39 is 0 Å². The summed E-state index contributed by atoms with van der Waals surface area (Å²) >= 11 is 0. The van der Waals surface area contributed by atoms with Crippen molar-refractivity contribution >= 4 is 0 Å². The maximum atomic E-state index is 5.49. The molecule has 60 valence electrons. The van der Waals surface area contributed by atoms with Gasteiger partial charge in [0.25, 0.3) is 0 Å². The molecule has 1 rings (SSSR count). The van der Waals surface area contributed by atoms with Crippen molar-refractivity contribution in [1.29, 1.82) is 0 Å². The van der Waals surface area contributed by atoms with Gasteiger partial charge in [-0.25, -0.2) is 0 Å². The van der Waals surface area contributed by atoms with E-state index in [0.29, 0.717) is 0 Å². The SMILES string of the molecule is CCC1(OC)CCNCC1. The van der Waals surface area contributed by atoms with Crippen molar-refractivity contribution in [2.24, 2.45) is 0 Å². The van der Waals surface area contributed by atoms with Crippen LogP contribution in [0.2, 0.25) is 0 Å². The number of hydrogen-bond acceptors (Lipinski definition) is 2. The van der Waals surface area contributed by atoms with Gasteiger partial charge in [-0.05, 0) is 32.4 Å². The Kier molecular flexibility index (Phi) is 2.69. The number of piperidine rings is 1. The van der Waals surface area contributed by atoms with Gasteiger partial charge in [0.15, 0.2) is 0 Å². The van der Waals surface area contributed by atoms with Crippen LogP contribution >= 0.6 is 0 Å². The van der Waals surface area contributed by atoms with Crippen LogP contribution in [0.1, 0.15) is 26.2 Å². The lowest BCUT2D eigenvalue weighted by Gasteiger charge is -2.35. The van der Waals surface area contributed by atoms with Gasteiger partial charge < -0.3 is 10.1 Å². The normalized spacial score (nSPS) is 24.6. The van der Waals surface area contributed by atoms with Crippen LogP contribution < -0.4 is 5.32 Å². The van der Waals surface area contributed by atoms with Gasteiger partial charge in [-0.15, -0.1) is 0 Å². The molecule has 0 bridgehead atoms. The van der Waals surface area contributed by atoms with Gasteiger partial charge in [0.05, 0.1) is 5.60 Å². The summed E-state index contributed by atoms with van der Waals surface area (Å²) < 4.78 is 5.49. The molecular formula is C8H17NO. The quantitative estimate of drug-likeness (QED) is 0.626. The molecule has 0 aromatic carbocycles. The Morgan fingerprint density at radius 2 is 2.00 bits per heavy atom. The topological polar surface area (TPSA) is 21.3 Å². The van der Waals surface area contributed by atoms with E-state index >= 15 is 0 Å². The van der Waals surface area contributed by atoms with E-state index in [4.69, 9.17) is 4.74 Å². The summed E-state index contributed by atoms with van der Waals surface area (Å²) in [6, 6.07) is 0. The van der Waals surface area contributed by atoms with Gasteiger partial charge in [0.1, 0.15) is 0 Å². The van der Waals surface area contributed by atoms with Gasteiger partial charge >= 0.3 is 0 Å². The zero-order chi connectivity index (χ0) is 7.45. The molecule has 1 saturated heterocycles. The minimum absolute atomic E-state index is 0.200. The molecular weight excluding hydrogens is 126 g/mol. The number of ether oxygens (including phenoxy) is 1. The third-order valence-electron chi connectivity index (χ3n) is 2.59. The highest BCUT2D eigenvalue weighted by Crippen LogP contribution is 2.25. The fourth-order valence-electron chi connectivity index (χ4n) is 1.58. The van der Waals surface area contributed by atoms with E-state index in [1.165, 1.54) is 12.8 Å². The Balaban J connectivity index is 2.44. The second-order valence-electron chi connectivity index (χ2n) is 2.99. The Labute approximate surface area is 63.0 Å². The highest BCUT2D eigenvalue weighted by atomic mass is 16.5. The summed E-state index contributed by atoms with van der Waals surface area (Å²) in [4.78, 5) is 0. The first-order valence-electron chi connectivity index (χ1n) is 4.09. The van der Waals surface area contributed by atoms with Crippen molar-refractivity contribution in [2.75, 3.05) is 20.2 Å². The smallest absolute Gasteiger partial charge is 0.0700 e. The standard InChI is InChI=1S/C8H17NO/c1-3-8(10-2)4-6-9-7-5-8/h9H,3-7H2,1-2H3. The summed E-state index contributed by atoms with van der Waals surface area (Å²) in [5.41, 5.74) is 0.200. The van der Waals surface area contributed by atoms with E-state index in [1.54, 1.807) is 0 Å². The molecule has 0 unspecified atom stereocenters. The van der Waals surface area contributed by atoms with Crippen LogP contribution in [0.3, 0.4) is 0 Å². The molecule has 0 radical (unpaired) electrons. The number of rotatable bonds is 2. The predicted molar refractivity (Wildman–Crippen MR) is 42.1 cm³/mol. The van der Waals surface area contributed by atoms with Crippen LogP contribution in [0.5, 0.6) is 0 Å². The number of hydrogen-bond donors (Lipinski definition) is 1. The van der Waals surface area contributed by atoms with E-state index in [0.717, 1.165) is 19.5 Å². The average molecular weight is 143 g/mol. The first-order valence-corrected chi connectivity index (χ1v) is 4.09. The largest absolute Gasteiger partial charge is 0.378 e. The number of nitrogens with one attached hydrogen (secondary N) is 1. The van der Waals surface area contributed by atoms with E-state index in [1.807, 2.05) is 7.11 Å². The summed E-state index contributed by atoms with van der Waals surface area (Å²) in [5, 5.41) is 3.33. The highest BCUT2D eigenvalue weighted by molar-refractivity contribution is 4.84. The maximum Gasteiger partial charge on any atom is 0.0700 e. The van der Waals surface area contributed by atoms with Gasteiger partial charge in [0.2, 0.25) is 0 Å². The predicted octanol–water partition coefficient (Wildman–Crippen LogP) is 1.17. The van der Waals surface area contributed by atoms with Crippen LogP contribution in [0.4, 0.5) is 0 Å². The Bertz CT molecular complexity index is 91.4. The van der Waals surface area contributed by atoms with Crippen molar-refractivity contribution < 1.29 is 4.74 Å². The molecule has 0 spiro atoms. The molecule has 0 amide bonds. The third kappa shape index (κ3) is 1.50. The minimum atomic E-state index is 0.200. The molecule has 1 heterocycles. The van der Waals surface area contributed by atoms with Crippen LogP contribution in [0.15, 0.2) is 0 Å². The summed E-state index contributed by atoms with van der Waals surface area (Å²) in [5.74, 6) is 0. The highest BCUT2D eigenvalue weighted by Gasteiger charge is 2.29. The summed E-state index contributed by atoms with van der Waals surface area (Å²) in [6.07, 6.45) is 3.48. The molecule has 1 aliphatic heterocycles. The van der Waals surface area contributed by atoms with Crippen LogP contribution in [0, 0.1) is 0 Å². The van der Waals surface area contributed by atoms with Crippen molar-refractivity contribution in [2.45, 2.75) is 31.8 Å². The lowest BCUT2D eigenvalue weighted by atomic mass is 9.90. The van der Waals surface area contributed by atoms with Crippen molar-refractivity contribution in [1.82, 2.24) is 5.32 Å². The Morgan fingerprint density at radius 1 is 1.40 bits per heavy atom. The lowest BCUT2D eigenvalue weighted by Crippen LogP contribution is -2.42. The lowest BCUT2D eigenvalue weighted by molar-refractivity contribution is -0.0366. The van der Waals surface area contributed by atoms with Crippen LogP contribution in [-0.2, 0) is 4.74 Å².